The summed E-state index contributed by atoms with van der Waals surface area (Å²) in [6.45, 7) is 0. The second kappa shape index (κ2) is 3.44. The SMILES string of the molecule is Nc1cc(-c2nc3ncncc3[nH]2)ccc1O. The second-order valence-corrected chi connectivity index (χ2v) is 3.62. The Kier molecular flexibility index (Phi) is 1.94. The Labute approximate surface area is 96.2 Å². The summed E-state index contributed by atoms with van der Waals surface area (Å²) >= 11 is 0. The summed E-state index contributed by atoms with van der Waals surface area (Å²) in [6, 6.07) is 4.92. The molecule has 0 aliphatic carbocycles. The van der Waals surface area contributed by atoms with Gasteiger partial charge in [0.05, 0.1) is 11.9 Å². The molecule has 0 radical (unpaired) electrons. The summed E-state index contributed by atoms with van der Waals surface area (Å²) in [5, 5.41) is 9.35. The monoisotopic (exact) mass is 227 g/mol. The fourth-order valence-electron chi connectivity index (χ4n) is 1.60. The summed E-state index contributed by atoms with van der Waals surface area (Å²) in [5.41, 5.74) is 8.09. The Bertz CT molecular complexity index is 658. The van der Waals surface area contributed by atoms with Crippen LogP contribution in [-0.2, 0) is 0 Å². The van der Waals surface area contributed by atoms with Crippen LogP contribution in [0.3, 0.4) is 0 Å². The first-order valence-corrected chi connectivity index (χ1v) is 4.98. The van der Waals surface area contributed by atoms with Crippen LogP contribution in [0.15, 0.2) is 30.7 Å². The molecule has 84 valence electrons. The number of aromatic amines is 1. The zero-order valence-electron chi connectivity index (χ0n) is 8.75. The highest BCUT2D eigenvalue weighted by Gasteiger charge is 2.07. The van der Waals surface area contributed by atoms with Gasteiger partial charge in [0.2, 0.25) is 0 Å². The van der Waals surface area contributed by atoms with Crippen molar-refractivity contribution in [2.75, 3.05) is 5.73 Å². The molecule has 3 aromatic rings. The smallest absolute Gasteiger partial charge is 0.181 e. The van der Waals surface area contributed by atoms with Gasteiger partial charge in [0.1, 0.15) is 23.4 Å². The van der Waals surface area contributed by atoms with Crippen molar-refractivity contribution in [3.05, 3.63) is 30.7 Å². The molecule has 2 heterocycles. The number of aromatic hydroxyl groups is 1. The summed E-state index contributed by atoms with van der Waals surface area (Å²) in [4.78, 5) is 15.3. The lowest BCUT2D eigenvalue weighted by molar-refractivity contribution is 0.478. The van der Waals surface area contributed by atoms with Crippen LogP contribution in [0.25, 0.3) is 22.6 Å². The van der Waals surface area contributed by atoms with Gasteiger partial charge in [-0.3, -0.25) is 0 Å². The molecule has 0 bridgehead atoms. The molecule has 0 aliphatic heterocycles. The topological polar surface area (TPSA) is 101 Å². The third-order valence-corrected chi connectivity index (χ3v) is 2.46. The second-order valence-electron chi connectivity index (χ2n) is 3.62. The van der Waals surface area contributed by atoms with Crippen LogP contribution in [0.5, 0.6) is 5.75 Å². The maximum absolute atomic E-state index is 9.35. The number of phenolic OH excluding ortho intramolecular Hbond substituents is 1. The summed E-state index contributed by atoms with van der Waals surface area (Å²) in [7, 11) is 0. The fourth-order valence-corrected chi connectivity index (χ4v) is 1.60. The number of nitrogen functional groups attached to an aromatic ring is 1. The van der Waals surface area contributed by atoms with Gasteiger partial charge in [0, 0.05) is 5.56 Å². The Hall–Kier alpha value is -2.63. The molecular weight excluding hydrogens is 218 g/mol. The van der Waals surface area contributed by atoms with Gasteiger partial charge in [-0.15, -0.1) is 0 Å². The zero-order chi connectivity index (χ0) is 11.8. The molecule has 0 amide bonds. The number of phenols is 1. The number of nitrogens with zero attached hydrogens (tertiary/aromatic N) is 3. The average molecular weight is 227 g/mol. The molecule has 17 heavy (non-hydrogen) atoms. The van der Waals surface area contributed by atoms with Crippen LogP contribution in [0, 0.1) is 0 Å². The minimum Gasteiger partial charge on any atom is -0.506 e. The highest BCUT2D eigenvalue weighted by molar-refractivity contribution is 5.76. The van der Waals surface area contributed by atoms with Crippen molar-refractivity contribution in [3.63, 3.8) is 0 Å². The molecule has 0 saturated carbocycles. The lowest BCUT2D eigenvalue weighted by Crippen LogP contribution is -1.87. The van der Waals surface area contributed by atoms with Gasteiger partial charge in [-0.2, -0.15) is 0 Å². The number of fused-ring (bicyclic) bond motifs is 1. The van der Waals surface area contributed by atoms with E-state index in [0.29, 0.717) is 17.2 Å². The number of nitrogens with one attached hydrogen (secondary N) is 1. The largest absolute Gasteiger partial charge is 0.506 e. The molecule has 0 unspecified atom stereocenters. The maximum atomic E-state index is 9.35. The standard InChI is InChI=1S/C11H9N5O/c12-7-3-6(1-2-9(7)17)10-15-8-4-13-5-14-11(8)16-10/h1-5,17H,12H2,(H,13,14,15,16). The first kappa shape index (κ1) is 9.59. The Morgan fingerprint density at radius 3 is 2.94 bits per heavy atom. The quantitative estimate of drug-likeness (QED) is 0.429. The van der Waals surface area contributed by atoms with Gasteiger partial charge in [0.15, 0.2) is 5.65 Å². The van der Waals surface area contributed by atoms with E-state index in [1.807, 2.05) is 0 Å². The van der Waals surface area contributed by atoms with E-state index >= 15 is 0 Å². The Morgan fingerprint density at radius 1 is 1.29 bits per heavy atom. The number of hydrogen-bond donors (Lipinski definition) is 3. The van der Waals surface area contributed by atoms with Crippen LogP contribution in [0.2, 0.25) is 0 Å². The Balaban J connectivity index is 2.17. The van der Waals surface area contributed by atoms with E-state index in [1.54, 1.807) is 18.3 Å². The van der Waals surface area contributed by atoms with Crippen molar-refractivity contribution in [2.24, 2.45) is 0 Å². The van der Waals surface area contributed by atoms with Crippen LogP contribution < -0.4 is 5.73 Å². The van der Waals surface area contributed by atoms with E-state index in [4.69, 9.17) is 5.73 Å². The summed E-state index contributed by atoms with van der Waals surface area (Å²) < 4.78 is 0. The number of aromatic nitrogens is 4. The first-order chi connectivity index (χ1) is 8.24. The van der Waals surface area contributed by atoms with Crippen molar-refractivity contribution >= 4 is 16.9 Å². The van der Waals surface area contributed by atoms with Crippen molar-refractivity contribution in [1.82, 2.24) is 19.9 Å². The number of rotatable bonds is 1. The predicted octanol–water partition coefficient (Wildman–Crippen LogP) is 1.31. The van der Waals surface area contributed by atoms with Crippen molar-refractivity contribution < 1.29 is 5.11 Å². The minimum absolute atomic E-state index is 0.0599. The zero-order valence-corrected chi connectivity index (χ0v) is 8.75. The van der Waals surface area contributed by atoms with E-state index in [2.05, 4.69) is 19.9 Å². The van der Waals surface area contributed by atoms with Gasteiger partial charge >= 0.3 is 0 Å². The normalized spacial score (nSPS) is 10.8. The summed E-state index contributed by atoms with van der Waals surface area (Å²) in [5.74, 6) is 0.705. The molecule has 6 heteroatoms. The molecule has 1 aromatic carbocycles. The van der Waals surface area contributed by atoms with E-state index in [1.165, 1.54) is 12.4 Å². The van der Waals surface area contributed by atoms with Gasteiger partial charge in [0.25, 0.3) is 0 Å². The van der Waals surface area contributed by atoms with E-state index in [0.717, 1.165) is 11.1 Å². The Morgan fingerprint density at radius 2 is 2.18 bits per heavy atom. The average Bonchev–Trinajstić information content (AvgIpc) is 2.76. The van der Waals surface area contributed by atoms with Crippen molar-refractivity contribution in [3.8, 4) is 17.1 Å². The number of H-pyrrole nitrogens is 1. The molecule has 3 rings (SSSR count). The first-order valence-electron chi connectivity index (χ1n) is 4.98. The van der Waals surface area contributed by atoms with Crippen molar-refractivity contribution in [2.45, 2.75) is 0 Å². The highest BCUT2D eigenvalue weighted by atomic mass is 16.3. The van der Waals surface area contributed by atoms with Crippen LogP contribution >= 0.6 is 0 Å². The molecule has 0 atom stereocenters. The molecule has 0 spiro atoms. The molecule has 0 saturated heterocycles. The molecule has 0 fully saturated rings. The number of nitrogens with two attached hydrogens (primary N) is 1. The molecule has 2 aromatic heterocycles. The number of hydrogen-bond acceptors (Lipinski definition) is 5. The predicted molar refractivity (Wildman–Crippen MR) is 63.2 cm³/mol. The lowest BCUT2D eigenvalue weighted by atomic mass is 10.2. The van der Waals surface area contributed by atoms with E-state index < -0.39 is 0 Å². The molecule has 6 nitrogen and oxygen atoms in total. The van der Waals surface area contributed by atoms with Crippen LogP contribution in [0.4, 0.5) is 5.69 Å². The number of anilines is 1. The number of imidazole rings is 1. The van der Waals surface area contributed by atoms with Gasteiger partial charge in [-0.05, 0) is 18.2 Å². The number of benzene rings is 1. The third kappa shape index (κ3) is 1.55. The van der Waals surface area contributed by atoms with Crippen LogP contribution in [0.1, 0.15) is 0 Å². The maximum Gasteiger partial charge on any atom is 0.181 e. The van der Waals surface area contributed by atoms with Gasteiger partial charge in [-0.25, -0.2) is 15.0 Å². The van der Waals surface area contributed by atoms with Crippen molar-refractivity contribution in [1.29, 1.82) is 0 Å². The molecule has 4 N–H and O–H groups in total. The molecule has 0 aliphatic rings. The highest BCUT2D eigenvalue weighted by Crippen LogP contribution is 2.26. The summed E-state index contributed by atoms with van der Waals surface area (Å²) in [6.07, 6.45) is 3.10. The van der Waals surface area contributed by atoms with E-state index in [-0.39, 0.29) is 5.75 Å². The van der Waals surface area contributed by atoms with E-state index in [9.17, 15) is 5.11 Å². The van der Waals surface area contributed by atoms with Gasteiger partial charge in [-0.1, -0.05) is 0 Å². The van der Waals surface area contributed by atoms with Gasteiger partial charge < -0.3 is 15.8 Å². The minimum atomic E-state index is 0.0599. The third-order valence-electron chi connectivity index (χ3n) is 2.46. The lowest BCUT2D eigenvalue weighted by Gasteiger charge is -2.00. The fraction of sp³-hybridized carbons (Fsp3) is 0. The molecular formula is C11H9N5O. The van der Waals surface area contributed by atoms with Crippen LogP contribution in [-0.4, -0.2) is 25.0 Å².